The summed E-state index contributed by atoms with van der Waals surface area (Å²) in [6.45, 7) is 23.3. The van der Waals surface area contributed by atoms with Crippen molar-refractivity contribution in [2.75, 3.05) is 53.8 Å². The molecule has 4 fully saturated rings. The van der Waals surface area contributed by atoms with E-state index in [4.69, 9.17) is 0 Å². The van der Waals surface area contributed by atoms with Crippen LogP contribution in [-0.2, 0) is 65.4 Å². The van der Waals surface area contributed by atoms with Gasteiger partial charge in [-0.05, 0) is 271 Å². The summed E-state index contributed by atoms with van der Waals surface area (Å²) in [5.41, 5.74) is 8.71. The molecule has 0 bridgehead atoms. The second-order valence-electron chi connectivity index (χ2n) is 25.4. The van der Waals surface area contributed by atoms with Gasteiger partial charge in [0, 0.05) is 92.7 Å². The first-order valence-corrected chi connectivity index (χ1v) is 42.2. The standard InChI is InChI=1S/C14H20OS.3C13H18OS.2C12H12O2S/c1-9-7-13(8-10(2)14(9)15)16-11(3)5-6-12(16)4;1-9-7-12(8-10(2)13(9)14)15-6-4-5-11(15)3;1-10-8-12(9-11(2)13(10)14)15-6-4-3-5-7-15;1-10-8-12(14)9-11(2)13(10)15-6-4-3-5-7-15;1-15(2)12-6-5-11(14)9-4-3-8(13)7-10(9)12;1-15(2)11-7-6-9(13)8-4-3-5-10(14)12(8)11/h7-8,11-12H,5-6H2,1-4H3;7-8,11H,4-6H2,1-3H3;2*8-9H,3-7H2,1-2H3;2*3-7H,1-2H3,(H-,13,14)/p+6. The van der Waals surface area contributed by atoms with E-state index in [0.717, 1.165) is 70.2 Å². The first-order valence-electron chi connectivity index (χ1n) is 32.2. The summed E-state index contributed by atoms with van der Waals surface area (Å²) in [5, 5.41) is 83.1. The highest BCUT2D eigenvalue weighted by atomic mass is 32.2. The van der Waals surface area contributed by atoms with Crippen molar-refractivity contribution in [1.82, 2.24) is 0 Å². The van der Waals surface area contributed by atoms with Gasteiger partial charge in [-0.3, -0.25) is 0 Å². The highest BCUT2D eigenvalue weighted by Crippen LogP contribution is 2.40. The van der Waals surface area contributed by atoms with E-state index in [1.807, 2.05) is 71.9 Å². The van der Waals surface area contributed by atoms with Crippen molar-refractivity contribution in [3.8, 4) is 46.0 Å². The molecule has 91 heavy (non-hydrogen) atoms. The number of benzene rings is 8. The van der Waals surface area contributed by atoms with Crippen molar-refractivity contribution in [2.24, 2.45) is 0 Å². The lowest BCUT2D eigenvalue weighted by atomic mass is 10.1. The Bertz CT molecular complexity index is 3640. The van der Waals surface area contributed by atoms with Gasteiger partial charge < -0.3 is 40.9 Å². The number of hydrogen-bond acceptors (Lipinski definition) is 8. The predicted molar refractivity (Wildman–Crippen MR) is 401 cm³/mol. The molecule has 4 saturated heterocycles. The average Bonchev–Trinajstić information content (AvgIpc) is 1.56. The molecule has 0 saturated carbocycles. The van der Waals surface area contributed by atoms with E-state index in [1.165, 1.54) is 129 Å². The van der Waals surface area contributed by atoms with Crippen LogP contribution in [0.15, 0.2) is 139 Å². The fraction of sp³-hybridized carbons (Fsp3) is 0.429. The highest BCUT2D eigenvalue weighted by molar-refractivity contribution is 7.98. The Labute approximate surface area is 562 Å². The molecule has 8 N–H and O–H groups in total. The minimum Gasteiger partial charge on any atom is -0.508 e. The Morgan fingerprint density at radius 3 is 1.27 bits per heavy atom. The van der Waals surface area contributed by atoms with Crippen molar-refractivity contribution in [1.29, 1.82) is 0 Å². The summed E-state index contributed by atoms with van der Waals surface area (Å²) >= 11 is 0. The number of phenols is 8. The van der Waals surface area contributed by atoms with Gasteiger partial charge in [-0.1, -0.05) is 12.1 Å². The maximum absolute atomic E-state index is 9.82. The second-order valence-corrected chi connectivity index (χ2v) is 39.4. The molecule has 4 unspecified atom stereocenters. The van der Waals surface area contributed by atoms with Gasteiger partial charge in [-0.15, -0.1) is 0 Å². The number of rotatable bonds is 6. The van der Waals surface area contributed by atoms with Crippen LogP contribution in [0.25, 0.3) is 21.5 Å². The summed E-state index contributed by atoms with van der Waals surface area (Å²) < 4.78 is 0. The van der Waals surface area contributed by atoms with Crippen molar-refractivity contribution in [2.45, 2.75) is 185 Å². The van der Waals surface area contributed by atoms with Crippen molar-refractivity contribution < 1.29 is 40.9 Å². The maximum atomic E-state index is 9.82. The smallest absolute Gasteiger partial charge is 0.166 e. The largest absolute Gasteiger partial charge is 0.508 e. The lowest BCUT2D eigenvalue weighted by molar-refractivity contribution is 0.466. The van der Waals surface area contributed by atoms with Gasteiger partial charge in [0.05, 0.1) is 5.39 Å². The van der Waals surface area contributed by atoms with Crippen LogP contribution in [0.1, 0.15) is 129 Å². The Kier molecular flexibility index (Phi) is 27.1. The van der Waals surface area contributed by atoms with Crippen LogP contribution in [0.3, 0.4) is 0 Å². The van der Waals surface area contributed by atoms with Gasteiger partial charge in [0.15, 0.2) is 29.4 Å². The molecular weight excluding hydrogens is 1250 g/mol. The van der Waals surface area contributed by atoms with Gasteiger partial charge in [0.1, 0.15) is 116 Å². The van der Waals surface area contributed by atoms with E-state index in [-0.39, 0.29) is 44.8 Å². The third-order valence-electron chi connectivity index (χ3n) is 17.7. The molecule has 0 aromatic heterocycles. The first kappa shape index (κ1) is 73.2. The van der Waals surface area contributed by atoms with Crippen molar-refractivity contribution in [3.63, 3.8) is 0 Å². The fourth-order valence-corrected chi connectivity index (χ4v) is 25.8. The van der Waals surface area contributed by atoms with Gasteiger partial charge in [-0.2, -0.15) is 0 Å². The number of aryl methyl sites for hydroxylation is 8. The molecule has 490 valence electrons. The van der Waals surface area contributed by atoms with E-state index in [9.17, 15) is 40.9 Å². The number of phenolic OH excluding ortho intramolecular Hbond substituents is 8. The molecule has 4 aliphatic rings. The number of hydrogen-bond donors (Lipinski definition) is 8. The molecule has 4 aliphatic heterocycles. The number of fused-ring (bicyclic) bond motifs is 2. The zero-order chi connectivity index (χ0) is 66.5. The summed E-state index contributed by atoms with van der Waals surface area (Å²) in [6, 6.07) is 34.3. The Balaban J connectivity index is 0.000000155. The molecule has 0 radical (unpaired) electrons. The van der Waals surface area contributed by atoms with Crippen LogP contribution in [0.4, 0.5) is 0 Å². The van der Waals surface area contributed by atoms with E-state index in [2.05, 4.69) is 96.0 Å². The number of aromatic hydroxyl groups is 8. The van der Waals surface area contributed by atoms with Gasteiger partial charge >= 0.3 is 0 Å². The molecule has 0 amide bonds. The Hall–Kier alpha value is -5.22. The lowest BCUT2D eigenvalue weighted by Gasteiger charge is -2.16. The van der Waals surface area contributed by atoms with Crippen LogP contribution in [0, 0.1) is 55.4 Å². The summed E-state index contributed by atoms with van der Waals surface area (Å²) in [4.78, 5) is 8.13. The van der Waals surface area contributed by atoms with Crippen LogP contribution < -0.4 is 0 Å². The monoisotopic (exact) mass is 1350 g/mol. The van der Waals surface area contributed by atoms with E-state index in [1.54, 1.807) is 42.5 Å². The van der Waals surface area contributed by atoms with E-state index in [0.29, 0.717) is 72.0 Å². The molecule has 8 aromatic carbocycles. The van der Waals surface area contributed by atoms with Crippen LogP contribution in [0.5, 0.6) is 46.0 Å². The first-order chi connectivity index (χ1) is 43.2. The van der Waals surface area contributed by atoms with E-state index < -0.39 is 0 Å². The van der Waals surface area contributed by atoms with Gasteiger partial charge in [0.25, 0.3) is 0 Å². The molecule has 0 spiro atoms. The van der Waals surface area contributed by atoms with Crippen LogP contribution in [-0.4, -0.2) is 110 Å². The van der Waals surface area contributed by atoms with Crippen molar-refractivity contribution in [3.05, 3.63) is 154 Å². The minimum absolute atomic E-state index is 0.0568. The highest BCUT2D eigenvalue weighted by Gasteiger charge is 2.42. The normalized spacial score (nSPS) is 19.1. The lowest BCUT2D eigenvalue weighted by Crippen LogP contribution is -2.19. The Morgan fingerprint density at radius 2 is 0.802 bits per heavy atom. The summed E-state index contributed by atoms with van der Waals surface area (Å²) in [6.07, 6.45) is 22.2. The zero-order valence-electron chi connectivity index (χ0n) is 56.8. The third kappa shape index (κ3) is 19.0. The van der Waals surface area contributed by atoms with Crippen LogP contribution in [0.2, 0.25) is 0 Å². The van der Waals surface area contributed by atoms with Crippen molar-refractivity contribution >= 4 is 86.9 Å². The molecule has 4 atom stereocenters. The summed E-state index contributed by atoms with van der Waals surface area (Å²) in [5.74, 6) is 9.51. The van der Waals surface area contributed by atoms with Gasteiger partial charge in [0.2, 0.25) is 0 Å². The van der Waals surface area contributed by atoms with Crippen LogP contribution >= 0.6 is 0 Å². The molecular formula is C77H104O8S6+6. The van der Waals surface area contributed by atoms with Gasteiger partial charge in [-0.25, -0.2) is 0 Å². The SMILES string of the molecule is C[S+](C)c1ccc(O)c2ccc(O)cc12.C[S+](C)c1ccc(O)c2cccc(O)c12.Cc1cc(O)cc(C)c1[S+]1CCCCC1.Cc1cc([S+]2C(C)CCC2C)cc(C)c1O.Cc1cc([S+]2CCCC2C)cc(C)c1O.Cc1cc([S+]2CCCCC2)cc(C)c1O. The fourth-order valence-electron chi connectivity index (χ4n) is 12.8. The maximum Gasteiger partial charge on any atom is 0.166 e. The summed E-state index contributed by atoms with van der Waals surface area (Å²) in [7, 11) is 1.87. The molecule has 14 heteroatoms. The minimum atomic E-state index is 0.0568. The predicted octanol–water partition coefficient (Wildman–Crippen LogP) is 18.0. The second kappa shape index (κ2) is 33.8. The third-order valence-corrected chi connectivity index (χ3v) is 31.1. The molecule has 8 nitrogen and oxygen atoms in total. The topological polar surface area (TPSA) is 162 Å². The molecule has 12 rings (SSSR count). The molecule has 0 aliphatic carbocycles. The quantitative estimate of drug-likeness (QED) is 0.0764. The Morgan fingerprint density at radius 1 is 0.352 bits per heavy atom. The van der Waals surface area contributed by atoms with E-state index >= 15 is 0 Å². The average molecular weight is 1350 g/mol. The molecule has 4 heterocycles. The molecule has 8 aromatic rings. The zero-order valence-corrected chi connectivity index (χ0v) is 61.7.